The first-order valence-corrected chi connectivity index (χ1v) is 10.7. The zero-order valence-electron chi connectivity index (χ0n) is 17.1. The van der Waals surface area contributed by atoms with Gasteiger partial charge in [-0.15, -0.1) is 0 Å². The Morgan fingerprint density at radius 3 is 2.10 bits per heavy atom. The van der Waals surface area contributed by atoms with Crippen molar-refractivity contribution in [3.63, 3.8) is 0 Å². The summed E-state index contributed by atoms with van der Waals surface area (Å²) in [6.45, 7) is 4.06. The maximum Gasteiger partial charge on any atom is 1.00 e. The van der Waals surface area contributed by atoms with Crippen molar-refractivity contribution in [2.75, 3.05) is 37.6 Å². The molecule has 0 N–H and O–H groups in total. The molecule has 0 saturated carbocycles. The van der Waals surface area contributed by atoms with Crippen LogP contribution in [0.15, 0.2) is 65.4 Å². The smallest absolute Gasteiger partial charge is 0.550 e. The third-order valence-electron chi connectivity index (χ3n) is 5.15. The van der Waals surface area contributed by atoms with E-state index >= 15 is 0 Å². The minimum Gasteiger partial charge on any atom is -0.550 e. The summed E-state index contributed by atoms with van der Waals surface area (Å²) in [5.74, 6) is 0.645. The van der Waals surface area contributed by atoms with Gasteiger partial charge in [0.2, 0.25) is 0 Å². The molecule has 2 heterocycles. The molecule has 0 spiro atoms. The van der Waals surface area contributed by atoms with Gasteiger partial charge in [0.25, 0.3) is 0 Å². The molecule has 2 aromatic carbocycles. The fourth-order valence-corrected chi connectivity index (χ4v) is 4.15. The van der Waals surface area contributed by atoms with Crippen LogP contribution in [0.4, 0.5) is 5.69 Å². The molecular formula is C23H23N2NaO3S. The summed E-state index contributed by atoms with van der Waals surface area (Å²) in [6.07, 6.45) is 0.0975. The normalized spacial score (nSPS) is 14.2. The number of hydrogen-bond donors (Lipinski definition) is 0. The summed E-state index contributed by atoms with van der Waals surface area (Å²) < 4.78 is 5.98. The van der Waals surface area contributed by atoms with Gasteiger partial charge >= 0.3 is 29.6 Å². The molecule has 3 aromatic rings. The quantitative estimate of drug-likeness (QED) is 0.511. The van der Waals surface area contributed by atoms with Crippen molar-refractivity contribution in [3.8, 4) is 22.6 Å². The molecule has 4 rings (SSSR count). The molecule has 0 bridgehead atoms. The van der Waals surface area contributed by atoms with Crippen molar-refractivity contribution in [2.24, 2.45) is 0 Å². The topological polar surface area (TPSA) is 55.8 Å². The van der Waals surface area contributed by atoms with E-state index in [0.717, 1.165) is 43.4 Å². The molecule has 0 aliphatic carbocycles. The SMILES string of the molecule is O=C([O-])CCN1CCN(c2ccc(Oc3ccc(-c4ccsc4)cc3)cc2)CC1.[Na+]. The first-order valence-electron chi connectivity index (χ1n) is 9.75. The van der Waals surface area contributed by atoms with Crippen LogP contribution in [-0.2, 0) is 4.79 Å². The number of hydrogen-bond acceptors (Lipinski definition) is 6. The van der Waals surface area contributed by atoms with Crippen LogP contribution in [0.2, 0.25) is 0 Å². The van der Waals surface area contributed by atoms with E-state index in [1.165, 1.54) is 11.1 Å². The van der Waals surface area contributed by atoms with E-state index in [4.69, 9.17) is 4.74 Å². The second kappa shape index (κ2) is 11.0. The first-order chi connectivity index (χ1) is 14.2. The van der Waals surface area contributed by atoms with Crippen LogP contribution in [0, 0.1) is 0 Å². The largest absolute Gasteiger partial charge is 1.00 e. The number of rotatable bonds is 7. The van der Waals surface area contributed by atoms with E-state index in [-0.39, 0.29) is 36.0 Å². The number of anilines is 1. The van der Waals surface area contributed by atoms with Crippen LogP contribution in [0.5, 0.6) is 11.5 Å². The van der Waals surface area contributed by atoms with E-state index in [1.807, 2.05) is 24.3 Å². The standard InChI is InChI=1S/C23H24N2O3S.Na/c26-23(27)9-11-24-12-14-25(15-13-24)20-3-7-22(8-4-20)28-21-5-1-18(2-6-21)19-10-16-29-17-19;/h1-8,10,16-17H,9,11-15H2,(H,26,27);/q;+1/p-1. The van der Waals surface area contributed by atoms with Crippen LogP contribution in [0.1, 0.15) is 6.42 Å². The molecule has 1 aliphatic heterocycles. The maximum absolute atomic E-state index is 10.6. The summed E-state index contributed by atoms with van der Waals surface area (Å²) in [5, 5.41) is 14.8. The molecular weight excluding hydrogens is 407 g/mol. The van der Waals surface area contributed by atoms with E-state index in [2.05, 4.69) is 50.9 Å². The second-order valence-electron chi connectivity index (χ2n) is 7.08. The number of nitrogens with zero attached hydrogens (tertiary/aromatic N) is 2. The Balaban J connectivity index is 0.00000256. The van der Waals surface area contributed by atoms with Gasteiger partial charge in [-0.05, 0) is 70.8 Å². The number of thiophene rings is 1. The molecule has 0 amide bonds. The van der Waals surface area contributed by atoms with E-state index in [9.17, 15) is 9.90 Å². The number of carbonyl (C=O) groups is 1. The predicted octanol–water partition coefficient (Wildman–Crippen LogP) is 0.473. The molecule has 1 aromatic heterocycles. The molecule has 0 radical (unpaired) electrons. The van der Waals surface area contributed by atoms with Gasteiger partial charge in [0.05, 0.1) is 0 Å². The van der Waals surface area contributed by atoms with E-state index in [1.54, 1.807) is 11.3 Å². The second-order valence-corrected chi connectivity index (χ2v) is 7.86. The summed E-state index contributed by atoms with van der Waals surface area (Å²) in [5.41, 5.74) is 3.57. The Morgan fingerprint density at radius 1 is 0.900 bits per heavy atom. The Hall–Kier alpha value is -1.83. The van der Waals surface area contributed by atoms with Crippen molar-refractivity contribution >= 4 is 23.0 Å². The van der Waals surface area contributed by atoms with Crippen LogP contribution in [0.3, 0.4) is 0 Å². The minimum atomic E-state index is -0.982. The third kappa shape index (κ3) is 6.09. The Bertz CT molecular complexity index is 922. The Labute approximate surface area is 203 Å². The maximum atomic E-state index is 10.6. The van der Waals surface area contributed by atoms with Crippen molar-refractivity contribution in [3.05, 3.63) is 65.4 Å². The number of carboxylic acid groups (broad SMARTS) is 1. The zero-order chi connectivity index (χ0) is 20.1. The van der Waals surface area contributed by atoms with Crippen molar-refractivity contribution < 1.29 is 44.2 Å². The summed E-state index contributed by atoms with van der Waals surface area (Å²) in [7, 11) is 0. The summed E-state index contributed by atoms with van der Waals surface area (Å²) >= 11 is 1.69. The van der Waals surface area contributed by atoms with Gasteiger partial charge in [0, 0.05) is 44.4 Å². The molecule has 5 nitrogen and oxygen atoms in total. The van der Waals surface area contributed by atoms with Gasteiger partial charge in [0.1, 0.15) is 11.5 Å². The van der Waals surface area contributed by atoms with Crippen molar-refractivity contribution in [2.45, 2.75) is 6.42 Å². The molecule has 7 heteroatoms. The van der Waals surface area contributed by atoms with Gasteiger partial charge in [-0.3, -0.25) is 4.90 Å². The van der Waals surface area contributed by atoms with E-state index in [0.29, 0.717) is 6.54 Å². The van der Waals surface area contributed by atoms with Gasteiger partial charge < -0.3 is 19.5 Å². The Morgan fingerprint density at radius 2 is 1.53 bits per heavy atom. The number of ether oxygens (including phenoxy) is 1. The van der Waals surface area contributed by atoms with Gasteiger partial charge in [0.15, 0.2) is 0 Å². The fraction of sp³-hybridized carbons (Fsp3) is 0.261. The first kappa shape index (κ1) is 22.8. The molecule has 0 unspecified atom stereocenters. The monoisotopic (exact) mass is 430 g/mol. The van der Waals surface area contributed by atoms with E-state index < -0.39 is 5.97 Å². The number of benzene rings is 2. The van der Waals surface area contributed by atoms with Crippen LogP contribution >= 0.6 is 11.3 Å². The average Bonchev–Trinajstić information content (AvgIpc) is 3.29. The Kier molecular flexibility index (Phi) is 8.36. The molecule has 1 aliphatic rings. The van der Waals surface area contributed by atoms with Gasteiger partial charge in [-0.2, -0.15) is 11.3 Å². The molecule has 0 atom stereocenters. The van der Waals surface area contributed by atoms with Gasteiger partial charge in [-0.1, -0.05) is 12.1 Å². The molecule has 1 fully saturated rings. The summed E-state index contributed by atoms with van der Waals surface area (Å²) in [6, 6.07) is 18.4. The summed E-state index contributed by atoms with van der Waals surface area (Å²) in [4.78, 5) is 15.1. The van der Waals surface area contributed by atoms with Crippen LogP contribution < -0.4 is 44.3 Å². The third-order valence-corrected chi connectivity index (χ3v) is 5.83. The number of carboxylic acids is 1. The predicted molar refractivity (Wildman–Crippen MR) is 115 cm³/mol. The molecule has 30 heavy (non-hydrogen) atoms. The number of piperazine rings is 1. The van der Waals surface area contributed by atoms with Gasteiger partial charge in [-0.25, -0.2) is 0 Å². The number of aliphatic carboxylic acids is 1. The molecule has 150 valence electrons. The zero-order valence-corrected chi connectivity index (χ0v) is 19.9. The van der Waals surface area contributed by atoms with Crippen molar-refractivity contribution in [1.29, 1.82) is 0 Å². The van der Waals surface area contributed by atoms with Crippen LogP contribution in [0.25, 0.3) is 11.1 Å². The average molecular weight is 431 g/mol. The fourth-order valence-electron chi connectivity index (χ4n) is 3.48. The van der Waals surface area contributed by atoms with Crippen LogP contribution in [-0.4, -0.2) is 43.6 Å². The number of carbonyl (C=O) groups excluding carboxylic acids is 1. The molecule has 1 saturated heterocycles. The van der Waals surface area contributed by atoms with Crippen molar-refractivity contribution in [1.82, 2.24) is 4.90 Å². The minimum absolute atomic E-state index is 0.